The van der Waals surface area contributed by atoms with E-state index in [1.54, 1.807) is 11.8 Å². The van der Waals surface area contributed by atoms with Crippen molar-refractivity contribution in [2.24, 2.45) is 0 Å². The van der Waals surface area contributed by atoms with Crippen LogP contribution >= 0.6 is 20.2 Å². The van der Waals surface area contributed by atoms with Gasteiger partial charge in [-0.3, -0.25) is 9.36 Å². The van der Waals surface area contributed by atoms with Gasteiger partial charge in [-0.2, -0.15) is 0 Å². The molecule has 0 saturated heterocycles. The molecule has 2 rings (SSSR count). The fourth-order valence-corrected chi connectivity index (χ4v) is 4.02. The van der Waals surface area contributed by atoms with Crippen molar-refractivity contribution < 1.29 is 14.5 Å². The number of hydrogen-bond acceptors (Lipinski definition) is 3. The Hall–Kier alpha value is -1.64. The van der Waals surface area contributed by atoms with Gasteiger partial charge >= 0.3 is 5.97 Å². The van der Waals surface area contributed by atoms with E-state index in [0.29, 0.717) is 5.75 Å². The van der Waals surface area contributed by atoms with Crippen LogP contribution in [0.5, 0.6) is 0 Å². The molecular weight excluding hydrogens is 315 g/mol. The van der Waals surface area contributed by atoms with E-state index in [1.807, 2.05) is 60.7 Å². The van der Waals surface area contributed by atoms with Crippen LogP contribution in [0.1, 0.15) is 18.4 Å². The van der Waals surface area contributed by atoms with E-state index in [-0.39, 0.29) is 14.4 Å². The second kappa shape index (κ2) is 7.57. The number of aliphatic carboxylic acids is 1. The van der Waals surface area contributed by atoms with Gasteiger partial charge in [0.2, 0.25) is 0 Å². The van der Waals surface area contributed by atoms with E-state index in [1.165, 1.54) is 6.92 Å². The van der Waals surface area contributed by atoms with Crippen molar-refractivity contribution in [1.29, 1.82) is 0 Å². The van der Waals surface area contributed by atoms with Crippen LogP contribution in [0.4, 0.5) is 0 Å². The van der Waals surface area contributed by atoms with Gasteiger partial charge in [0.25, 0.3) is 0 Å². The molecule has 0 amide bonds. The minimum Gasteiger partial charge on any atom is -0.480 e. The Balaban J connectivity index is 2.30. The lowest BCUT2D eigenvalue weighted by Gasteiger charge is -2.28. The summed E-state index contributed by atoms with van der Waals surface area (Å²) in [6.07, 6.45) is 0. The molecule has 0 aliphatic heterocycles. The molecule has 114 valence electrons. The molecule has 0 aromatic heterocycles. The average molecular weight is 332 g/mol. The maximum atomic E-state index is 11.7. The first-order valence-corrected chi connectivity index (χ1v) is 8.68. The molecule has 2 atom stereocenters. The number of benzene rings is 2. The van der Waals surface area contributed by atoms with Gasteiger partial charge in [0.15, 0.2) is 13.6 Å². The fourth-order valence-electron chi connectivity index (χ4n) is 2.22. The molecular formula is C17H17O3PS. The molecule has 0 heterocycles. The van der Waals surface area contributed by atoms with Gasteiger partial charge in [-0.1, -0.05) is 48.5 Å². The van der Waals surface area contributed by atoms with Crippen molar-refractivity contribution in [1.82, 2.24) is 0 Å². The fraction of sp³-hybridized carbons (Fsp3) is 0.235. The summed E-state index contributed by atoms with van der Waals surface area (Å²) in [5.74, 6) is -0.853. The van der Waals surface area contributed by atoms with Crippen molar-refractivity contribution in [3.05, 3.63) is 66.2 Å². The Labute approximate surface area is 136 Å². The van der Waals surface area contributed by atoms with Crippen LogP contribution in [0.25, 0.3) is 0 Å². The lowest BCUT2D eigenvalue weighted by atomic mass is 9.88. The zero-order valence-electron chi connectivity index (χ0n) is 12.2. The van der Waals surface area contributed by atoms with E-state index < -0.39 is 11.1 Å². The molecule has 2 unspecified atom stereocenters. The number of carboxylic acids is 1. The molecule has 5 heteroatoms. The van der Waals surface area contributed by atoms with Crippen molar-refractivity contribution in [2.75, 3.05) is 5.75 Å². The molecule has 3 nitrogen and oxygen atoms in total. The number of thioether (sulfide) groups is 1. The highest BCUT2D eigenvalue weighted by molar-refractivity contribution is 7.99. The van der Waals surface area contributed by atoms with Crippen LogP contribution in [0.15, 0.2) is 65.6 Å². The normalized spacial score (nSPS) is 15.1. The Morgan fingerprint density at radius 1 is 1.14 bits per heavy atom. The topological polar surface area (TPSA) is 54.4 Å². The first-order chi connectivity index (χ1) is 10.6. The maximum Gasteiger partial charge on any atom is 0.321 e. The Morgan fingerprint density at radius 2 is 1.68 bits per heavy atom. The highest BCUT2D eigenvalue weighted by atomic mass is 32.2. The largest absolute Gasteiger partial charge is 0.480 e. The van der Waals surface area contributed by atoms with Crippen molar-refractivity contribution in [3.8, 4) is 0 Å². The molecule has 0 fully saturated rings. The van der Waals surface area contributed by atoms with Gasteiger partial charge in [-0.05, 0) is 24.6 Å². The van der Waals surface area contributed by atoms with Crippen LogP contribution in [0.2, 0.25) is 0 Å². The van der Waals surface area contributed by atoms with Gasteiger partial charge in [-0.25, -0.2) is 0 Å². The Morgan fingerprint density at radius 3 is 2.18 bits per heavy atom. The van der Waals surface area contributed by atoms with Gasteiger partial charge in [0.05, 0.1) is 0 Å². The summed E-state index contributed by atoms with van der Waals surface area (Å²) in [6.45, 7) is 1.53. The third-order valence-corrected chi connectivity index (χ3v) is 5.65. The van der Waals surface area contributed by atoms with Crippen LogP contribution in [0, 0.1) is 0 Å². The predicted octanol–water partition coefficient (Wildman–Crippen LogP) is 4.70. The molecule has 0 saturated carbocycles. The van der Waals surface area contributed by atoms with Crippen LogP contribution in [0.3, 0.4) is 0 Å². The molecule has 0 aliphatic rings. The number of carboxylic acid groups (broad SMARTS) is 1. The summed E-state index contributed by atoms with van der Waals surface area (Å²) in [6, 6.07) is 19.2. The van der Waals surface area contributed by atoms with E-state index in [9.17, 15) is 14.5 Å². The van der Waals surface area contributed by atoms with Crippen molar-refractivity contribution in [2.45, 2.75) is 22.9 Å². The summed E-state index contributed by atoms with van der Waals surface area (Å²) in [5.41, 5.74) is 0.888. The molecule has 2 aromatic carbocycles. The minimum absolute atomic E-state index is 0.351. The van der Waals surface area contributed by atoms with Gasteiger partial charge in [-0.15, -0.1) is 11.8 Å². The zero-order valence-corrected chi connectivity index (χ0v) is 13.9. The number of rotatable bonds is 7. The van der Waals surface area contributed by atoms with Crippen molar-refractivity contribution >= 4 is 26.2 Å². The van der Waals surface area contributed by atoms with Crippen molar-refractivity contribution in [3.63, 3.8) is 0 Å². The molecule has 0 radical (unpaired) electrons. The highest BCUT2D eigenvalue weighted by Crippen LogP contribution is 2.42. The minimum atomic E-state index is -1.34. The summed E-state index contributed by atoms with van der Waals surface area (Å²) in [5, 5.41) is 8.20. The van der Waals surface area contributed by atoms with Crippen LogP contribution in [-0.2, 0) is 9.36 Å². The predicted molar refractivity (Wildman–Crippen MR) is 90.0 cm³/mol. The lowest BCUT2D eigenvalue weighted by molar-refractivity contribution is -0.140. The number of carbonyl (C=O) groups is 1. The molecule has 0 aliphatic carbocycles. The Kier molecular flexibility index (Phi) is 5.76. The summed E-state index contributed by atoms with van der Waals surface area (Å²) in [4.78, 5) is 12.7. The summed E-state index contributed by atoms with van der Waals surface area (Å²) >= 11 is 1.58. The molecule has 2 aromatic rings. The van der Waals surface area contributed by atoms with E-state index in [2.05, 4.69) is 0 Å². The smallest absolute Gasteiger partial charge is 0.321 e. The summed E-state index contributed by atoms with van der Waals surface area (Å²) in [7, 11) is -0.376. The quantitative estimate of drug-likeness (QED) is 0.590. The summed E-state index contributed by atoms with van der Waals surface area (Å²) < 4.78 is 11.6. The van der Waals surface area contributed by atoms with Gasteiger partial charge in [0, 0.05) is 16.6 Å². The lowest BCUT2D eigenvalue weighted by Crippen LogP contribution is -2.37. The first-order valence-electron chi connectivity index (χ1n) is 6.88. The monoisotopic (exact) mass is 332 g/mol. The third kappa shape index (κ3) is 3.76. The Bertz CT molecular complexity index is 633. The molecule has 1 N–H and O–H groups in total. The van der Waals surface area contributed by atoms with Gasteiger partial charge in [0.1, 0.15) is 0 Å². The van der Waals surface area contributed by atoms with Gasteiger partial charge < -0.3 is 5.11 Å². The molecule has 0 bridgehead atoms. The number of hydrogen-bond donors (Lipinski definition) is 1. The van der Waals surface area contributed by atoms with E-state index in [4.69, 9.17) is 0 Å². The SMILES string of the molecule is CC(P=O)(C(=O)O)C(CSc1ccccc1)c1ccccc1. The second-order valence-corrected chi connectivity index (χ2v) is 7.34. The second-order valence-electron chi connectivity index (χ2n) is 5.13. The van der Waals surface area contributed by atoms with Crippen LogP contribution < -0.4 is 0 Å². The molecule has 22 heavy (non-hydrogen) atoms. The highest BCUT2D eigenvalue weighted by Gasteiger charge is 2.43. The average Bonchev–Trinajstić information content (AvgIpc) is 2.56. The van der Waals surface area contributed by atoms with E-state index in [0.717, 1.165) is 10.5 Å². The molecule has 0 spiro atoms. The standard InChI is InChI=1S/C17H17O3PS/c1-17(21-20,16(18)19)15(13-8-4-2-5-9-13)12-22-14-10-6-3-7-11-14/h2-11,15H,12H2,1H3,(H,18,19). The third-order valence-electron chi connectivity index (χ3n) is 3.66. The maximum absolute atomic E-state index is 11.7. The van der Waals surface area contributed by atoms with Crippen LogP contribution in [-0.4, -0.2) is 22.0 Å². The first kappa shape index (κ1) is 16.7. The van der Waals surface area contributed by atoms with E-state index >= 15 is 0 Å². The zero-order chi connectivity index (χ0) is 16.0.